The van der Waals surface area contributed by atoms with E-state index < -0.39 is 17.6 Å². The van der Waals surface area contributed by atoms with Crippen LogP contribution >= 0.6 is 11.8 Å². The van der Waals surface area contributed by atoms with Gasteiger partial charge in [0.05, 0.1) is 17.0 Å². The van der Waals surface area contributed by atoms with Crippen molar-refractivity contribution >= 4 is 23.4 Å². The topological polar surface area (TPSA) is 59.8 Å². The van der Waals surface area contributed by atoms with Crippen molar-refractivity contribution in [2.45, 2.75) is 37.1 Å². The lowest BCUT2D eigenvalue weighted by molar-refractivity contribution is -0.137. The molecule has 9 heteroatoms. The molecule has 0 aliphatic heterocycles. The molecule has 5 nitrogen and oxygen atoms in total. The third-order valence-corrected chi connectivity index (χ3v) is 4.53. The van der Waals surface area contributed by atoms with Crippen LogP contribution in [0.1, 0.15) is 30.3 Å². The van der Waals surface area contributed by atoms with Gasteiger partial charge in [-0.3, -0.25) is 4.79 Å². The maximum atomic E-state index is 12.9. The Morgan fingerprint density at radius 2 is 2.04 bits per heavy atom. The number of carbonyl (C=O) groups is 1. The van der Waals surface area contributed by atoms with Crippen molar-refractivity contribution in [1.29, 1.82) is 0 Å². The van der Waals surface area contributed by atoms with E-state index in [4.69, 9.17) is 0 Å². The third-order valence-electron chi connectivity index (χ3n) is 3.59. The van der Waals surface area contributed by atoms with Crippen LogP contribution in [0, 0.1) is 6.92 Å². The number of benzene rings is 1. The van der Waals surface area contributed by atoms with Gasteiger partial charge in [0.15, 0.2) is 5.16 Å². The van der Waals surface area contributed by atoms with Crippen LogP contribution in [0.25, 0.3) is 0 Å². The molecule has 2 aromatic rings. The SMILES string of the molecule is Cc1nnc(SCC(=O)Nc2ccccc2C(F)(F)F)n1C1CC1. The number of para-hydroxylation sites is 1. The molecule has 1 aromatic heterocycles. The van der Waals surface area contributed by atoms with Crippen LogP contribution in [-0.4, -0.2) is 26.4 Å². The van der Waals surface area contributed by atoms with Crippen LogP contribution in [0.2, 0.25) is 0 Å². The smallest absolute Gasteiger partial charge is 0.325 e. The van der Waals surface area contributed by atoms with Crippen LogP contribution in [0.15, 0.2) is 29.4 Å². The number of alkyl halides is 3. The van der Waals surface area contributed by atoms with Crippen molar-refractivity contribution in [3.05, 3.63) is 35.7 Å². The molecule has 0 atom stereocenters. The van der Waals surface area contributed by atoms with Crippen molar-refractivity contribution in [2.24, 2.45) is 0 Å². The van der Waals surface area contributed by atoms with E-state index in [0.717, 1.165) is 24.7 Å². The van der Waals surface area contributed by atoms with Crippen molar-refractivity contribution in [3.63, 3.8) is 0 Å². The molecule has 1 aliphatic carbocycles. The Kier molecular flexibility index (Phi) is 4.53. The fourth-order valence-corrected chi connectivity index (χ4v) is 3.21. The van der Waals surface area contributed by atoms with E-state index in [9.17, 15) is 18.0 Å². The first-order valence-electron chi connectivity index (χ1n) is 7.36. The molecule has 1 N–H and O–H groups in total. The van der Waals surface area contributed by atoms with Gasteiger partial charge in [-0.25, -0.2) is 0 Å². The second-order valence-electron chi connectivity index (χ2n) is 5.51. The average Bonchev–Trinajstić information content (AvgIpc) is 3.28. The van der Waals surface area contributed by atoms with E-state index in [1.54, 1.807) is 0 Å². The summed E-state index contributed by atoms with van der Waals surface area (Å²) in [7, 11) is 0. The van der Waals surface area contributed by atoms with E-state index in [-0.39, 0.29) is 11.4 Å². The van der Waals surface area contributed by atoms with Gasteiger partial charge < -0.3 is 9.88 Å². The molecule has 0 spiro atoms. The number of nitrogens with zero attached hydrogens (tertiary/aromatic N) is 3. The quantitative estimate of drug-likeness (QED) is 0.831. The second-order valence-corrected chi connectivity index (χ2v) is 6.45. The first-order chi connectivity index (χ1) is 11.4. The number of thioether (sulfide) groups is 1. The first-order valence-corrected chi connectivity index (χ1v) is 8.35. The van der Waals surface area contributed by atoms with Gasteiger partial charge >= 0.3 is 6.18 Å². The molecule has 1 saturated carbocycles. The number of halogens is 3. The van der Waals surface area contributed by atoms with E-state index >= 15 is 0 Å². The van der Waals surface area contributed by atoms with Crippen molar-refractivity contribution < 1.29 is 18.0 Å². The molecule has 0 bridgehead atoms. The number of rotatable bonds is 5. The number of aryl methyl sites for hydroxylation is 1. The van der Waals surface area contributed by atoms with Crippen molar-refractivity contribution in [3.8, 4) is 0 Å². The standard InChI is InChI=1S/C15H15F3N4OS/c1-9-20-21-14(22(9)10-6-7-10)24-8-13(23)19-12-5-3-2-4-11(12)15(16,17)18/h2-5,10H,6-8H2,1H3,(H,19,23). The largest absolute Gasteiger partial charge is 0.418 e. The number of aromatic nitrogens is 3. The number of carbonyl (C=O) groups excluding carboxylic acids is 1. The number of amides is 1. The Labute approximate surface area is 140 Å². The minimum absolute atomic E-state index is 0.0307. The summed E-state index contributed by atoms with van der Waals surface area (Å²) in [5.74, 6) is 0.236. The summed E-state index contributed by atoms with van der Waals surface area (Å²) in [6.45, 7) is 1.84. The lowest BCUT2D eigenvalue weighted by Gasteiger charge is -2.13. The van der Waals surface area contributed by atoms with Crippen LogP contribution in [-0.2, 0) is 11.0 Å². The molecule has 1 aromatic carbocycles. The van der Waals surface area contributed by atoms with Crippen molar-refractivity contribution in [2.75, 3.05) is 11.1 Å². The molecule has 24 heavy (non-hydrogen) atoms. The monoisotopic (exact) mass is 356 g/mol. The number of hydrogen-bond donors (Lipinski definition) is 1. The number of anilines is 1. The summed E-state index contributed by atoms with van der Waals surface area (Å²) in [6.07, 6.45) is -2.41. The summed E-state index contributed by atoms with van der Waals surface area (Å²) in [5, 5.41) is 11.0. The zero-order chi connectivity index (χ0) is 17.3. The minimum atomic E-state index is -4.51. The Hall–Kier alpha value is -2.03. The molecule has 0 unspecified atom stereocenters. The second kappa shape index (κ2) is 6.46. The summed E-state index contributed by atoms with van der Waals surface area (Å²) in [4.78, 5) is 12.0. The fraction of sp³-hybridized carbons (Fsp3) is 0.400. The molecule has 128 valence electrons. The molecule has 1 heterocycles. The van der Waals surface area contributed by atoms with Gasteiger partial charge in [-0.05, 0) is 31.9 Å². The first kappa shape index (κ1) is 16.8. The van der Waals surface area contributed by atoms with Gasteiger partial charge in [-0.2, -0.15) is 13.2 Å². The highest BCUT2D eigenvalue weighted by molar-refractivity contribution is 7.99. The van der Waals surface area contributed by atoms with Gasteiger partial charge in [-0.15, -0.1) is 10.2 Å². The predicted molar refractivity (Wildman–Crippen MR) is 83.8 cm³/mol. The molecule has 1 amide bonds. The zero-order valence-electron chi connectivity index (χ0n) is 12.8. The van der Waals surface area contributed by atoms with Gasteiger partial charge in [0, 0.05) is 6.04 Å². The van der Waals surface area contributed by atoms with Gasteiger partial charge in [0.2, 0.25) is 5.91 Å². The Bertz CT molecular complexity index is 755. The molecule has 1 fully saturated rings. The molecule has 0 radical (unpaired) electrons. The Morgan fingerprint density at radius 3 is 2.71 bits per heavy atom. The Balaban J connectivity index is 1.65. The van der Waals surface area contributed by atoms with Gasteiger partial charge in [0.1, 0.15) is 5.82 Å². The minimum Gasteiger partial charge on any atom is -0.325 e. The number of hydrogen-bond acceptors (Lipinski definition) is 4. The summed E-state index contributed by atoms with van der Waals surface area (Å²) in [6, 6.07) is 5.29. The van der Waals surface area contributed by atoms with Gasteiger partial charge in [-0.1, -0.05) is 23.9 Å². The van der Waals surface area contributed by atoms with Gasteiger partial charge in [0.25, 0.3) is 0 Å². The van der Waals surface area contributed by atoms with Crippen LogP contribution in [0.5, 0.6) is 0 Å². The highest BCUT2D eigenvalue weighted by Crippen LogP contribution is 2.38. The average molecular weight is 356 g/mol. The van der Waals surface area contributed by atoms with E-state index in [0.29, 0.717) is 11.2 Å². The maximum Gasteiger partial charge on any atom is 0.418 e. The predicted octanol–water partition coefficient (Wildman–Crippen LogP) is 3.67. The Morgan fingerprint density at radius 1 is 1.33 bits per heavy atom. The number of nitrogens with one attached hydrogen (secondary N) is 1. The molecular formula is C15H15F3N4OS. The van der Waals surface area contributed by atoms with E-state index in [1.807, 2.05) is 11.5 Å². The summed E-state index contributed by atoms with van der Waals surface area (Å²) < 4.78 is 40.7. The highest BCUT2D eigenvalue weighted by Gasteiger charge is 2.33. The highest BCUT2D eigenvalue weighted by atomic mass is 32.2. The van der Waals surface area contributed by atoms with Crippen LogP contribution in [0.4, 0.5) is 18.9 Å². The van der Waals surface area contributed by atoms with Crippen LogP contribution in [0.3, 0.4) is 0 Å². The summed E-state index contributed by atoms with van der Waals surface area (Å²) >= 11 is 1.17. The van der Waals surface area contributed by atoms with E-state index in [2.05, 4.69) is 15.5 Å². The molecule has 1 aliphatic rings. The maximum absolute atomic E-state index is 12.9. The molecular weight excluding hydrogens is 341 g/mol. The third kappa shape index (κ3) is 3.72. The zero-order valence-corrected chi connectivity index (χ0v) is 13.6. The van der Waals surface area contributed by atoms with Crippen molar-refractivity contribution in [1.82, 2.24) is 14.8 Å². The van der Waals surface area contributed by atoms with Crippen LogP contribution < -0.4 is 5.32 Å². The fourth-order valence-electron chi connectivity index (χ4n) is 2.36. The lowest BCUT2D eigenvalue weighted by Crippen LogP contribution is -2.18. The molecule has 0 saturated heterocycles. The normalized spacial score (nSPS) is 14.7. The lowest BCUT2D eigenvalue weighted by atomic mass is 10.1. The van der Waals surface area contributed by atoms with E-state index in [1.165, 1.54) is 30.0 Å². The summed E-state index contributed by atoms with van der Waals surface area (Å²) in [5.41, 5.74) is -1.10. The molecule has 3 rings (SSSR count).